The van der Waals surface area contributed by atoms with Crippen LogP contribution < -0.4 is 0 Å². The molecule has 0 saturated heterocycles. The van der Waals surface area contributed by atoms with Gasteiger partial charge in [0.15, 0.2) is 0 Å². The molecule has 11 aromatic rings. The molecule has 1 heteroatoms. The third-order valence-electron chi connectivity index (χ3n) is 10.3. The molecule has 10 aromatic carbocycles. The highest BCUT2D eigenvalue weighted by Gasteiger charge is 2.20. The lowest BCUT2D eigenvalue weighted by molar-refractivity contribution is 0.673. The maximum absolute atomic E-state index is 9.47. The van der Waals surface area contributed by atoms with E-state index in [1.54, 1.807) is 0 Å². The Bertz CT molecular complexity index is 3580. The first-order chi connectivity index (χ1) is 28.6. The summed E-state index contributed by atoms with van der Waals surface area (Å²) >= 11 is 0. The fraction of sp³-hybridized carbons (Fsp3) is 0. The second-order valence-electron chi connectivity index (χ2n) is 13.0. The van der Waals surface area contributed by atoms with Crippen molar-refractivity contribution in [1.29, 1.82) is 0 Å². The molecular weight excluding hydrogens is 617 g/mol. The van der Waals surface area contributed by atoms with Crippen molar-refractivity contribution in [2.45, 2.75) is 0 Å². The van der Waals surface area contributed by atoms with E-state index < -0.39 is 24.2 Å². The van der Waals surface area contributed by atoms with Crippen LogP contribution in [0.2, 0.25) is 0 Å². The Kier molecular flexibility index (Phi) is 4.57. The monoisotopic (exact) mass is 654 g/mol. The predicted octanol–water partition coefficient (Wildman–Crippen LogP) is 14.4. The van der Waals surface area contributed by atoms with Crippen LogP contribution in [0.1, 0.15) is 11.0 Å². The van der Waals surface area contributed by atoms with E-state index in [1.165, 1.54) is 0 Å². The normalized spacial score (nSPS) is 14.1. The average molecular weight is 655 g/mol. The van der Waals surface area contributed by atoms with Gasteiger partial charge in [-0.15, -0.1) is 0 Å². The molecule has 0 saturated carbocycles. The van der Waals surface area contributed by atoms with Gasteiger partial charge in [-0.2, -0.15) is 0 Å². The van der Waals surface area contributed by atoms with Gasteiger partial charge in [-0.3, -0.25) is 0 Å². The summed E-state index contributed by atoms with van der Waals surface area (Å²) in [5.41, 5.74) is 5.39. The van der Waals surface area contributed by atoms with Crippen LogP contribution in [0.15, 0.2) is 186 Å². The number of fused-ring (bicyclic) bond motifs is 9. The van der Waals surface area contributed by atoms with E-state index in [0.717, 1.165) is 65.4 Å². The van der Waals surface area contributed by atoms with Crippen LogP contribution in [0, 0.1) is 0 Å². The van der Waals surface area contributed by atoms with Crippen LogP contribution in [0.3, 0.4) is 0 Å². The molecule has 0 bridgehead atoms. The van der Waals surface area contributed by atoms with Gasteiger partial charge < -0.3 is 4.42 Å². The first-order valence-corrected chi connectivity index (χ1v) is 16.9. The fourth-order valence-electron chi connectivity index (χ4n) is 8.07. The second-order valence-corrected chi connectivity index (χ2v) is 13.0. The highest BCUT2D eigenvalue weighted by molar-refractivity contribution is 6.25. The standard InChI is InChI=1S/C50H30O/c1-3-16-35-31(12-1)14-9-23-39(35)47-41-18-5-7-20-43(41)48(44-21-8-6-19-42(44)47)40-24-10-15-33-30-34(27-28-36(33)40)37-22-11-25-46-49(37)45-29-26-32-13-2-4-17-38(32)50(45)51-46/h1-30H/i5D,6D,7D,8D,18D,19D,20D,21D. The van der Waals surface area contributed by atoms with Gasteiger partial charge in [0, 0.05) is 16.2 Å². The topological polar surface area (TPSA) is 13.1 Å². The lowest BCUT2D eigenvalue weighted by Gasteiger charge is -2.20. The molecule has 1 aromatic heterocycles. The van der Waals surface area contributed by atoms with Gasteiger partial charge in [-0.05, 0) is 100 Å². The molecule has 0 aliphatic heterocycles. The summed E-state index contributed by atoms with van der Waals surface area (Å²) < 4.78 is 79.8. The molecule has 0 radical (unpaired) electrons. The molecule has 0 spiro atoms. The molecule has 1 nitrogen and oxygen atoms in total. The summed E-state index contributed by atoms with van der Waals surface area (Å²) in [5, 5.41) is 8.18. The number of hydrogen-bond acceptors (Lipinski definition) is 1. The number of benzene rings is 10. The zero-order valence-corrected chi connectivity index (χ0v) is 27.1. The first-order valence-electron chi connectivity index (χ1n) is 20.9. The van der Waals surface area contributed by atoms with Crippen molar-refractivity contribution in [2.24, 2.45) is 0 Å². The molecule has 236 valence electrons. The van der Waals surface area contributed by atoms with Gasteiger partial charge >= 0.3 is 0 Å². The SMILES string of the molecule is [2H]c1c([2H])c([2H])c2c(-c3cccc4cc(-c5cccc6oc7c8ccccc8ccc7c56)ccc34)c3c([2H])c([2H])c([2H])c([2H])c3c(-c3cccc4ccccc34)c2c1[2H]. The molecule has 51 heavy (non-hydrogen) atoms. The van der Waals surface area contributed by atoms with Gasteiger partial charge in [-0.1, -0.05) is 164 Å². The van der Waals surface area contributed by atoms with Gasteiger partial charge in [0.25, 0.3) is 0 Å². The van der Waals surface area contributed by atoms with Crippen molar-refractivity contribution in [1.82, 2.24) is 0 Å². The largest absolute Gasteiger partial charge is 0.455 e. The van der Waals surface area contributed by atoms with E-state index >= 15 is 0 Å². The smallest absolute Gasteiger partial charge is 0.143 e. The van der Waals surface area contributed by atoms with Crippen LogP contribution in [-0.2, 0) is 0 Å². The predicted molar refractivity (Wildman–Crippen MR) is 218 cm³/mol. The second kappa shape index (κ2) is 10.9. The minimum absolute atomic E-state index is 0.190. The molecule has 0 fully saturated rings. The molecular formula is C50H30O. The van der Waals surface area contributed by atoms with E-state index in [9.17, 15) is 5.48 Å². The number of rotatable bonds is 3. The Morgan fingerprint density at radius 1 is 0.373 bits per heavy atom. The minimum atomic E-state index is -0.427. The zero-order valence-electron chi connectivity index (χ0n) is 35.1. The van der Waals surface area contributed by atoms with Gasteiger partial charge in [0.2, 0.25) is 0 Å². The van der Waals surface area contributed by atoms with Gasteiger partial charge in [0.05, 0.1) is 11.0 Å². The summed E-state index contributed by atoms with van der Waals surface area (Å²) in [4.78, 5) is 0. The number of hydrogen-bond donors (Lipinski definition) is 0. The van der Waals surface area contributed by atoms with Crippen molar-refractivity contribution < 1.29 is 15.4 Å². The first kappa shape index (κ1) is 21.4. The van der Waals surface area contributed by atoms with Crippen molar-refractivity contribution in [3.63, 3.8) is 0 Å². The Morgan fingerprint density at radius 3 is 1.57 bits per heavy atom. The van der Waals surface area contributed by atoms with E-state index in [0.29, 0.717) is 22.3 Å². The van der Waals surface area contributed by atoms with Crippen molar-refractivity contribution >= 4 is 75.8 Å². The van der Waals surface area contributed by atoms with Gasteiger partial charge in [0.1, 0.15) is 11.2 Å². The molecule has 0 unspecified atom stereocenters. The highest BCUT2D eigenvalue weighted by atomic mass is 16.3. The maximum atomic E-state index is 9.47. The molecule has 0 amide bonds. The summed E-state index contributed by atoms with van der Waals surface area (Å²) in [7, 11) is 0. The van der Waals surface area contributed by atoms with E-state index in [1.807, 2.05) is 97.1 Å². The van der Waals surface area contributed by atoms with E-state index in [-0.39, 0.29) is 45.7 Å². The van der Waals surface area contributed by atoms with E-state index in [4.69, 9.17) is 9.90 Å². The lowest BCUT2D eigenvalue weighted by atomic mass is 9.83. The highest BCUT2D eigenvalue weighted by Crippen LogP contribution is 2.47. The van der Waals surface area contributed by atoms with Crippen molar-refractivity contribution in [3.8, 4) is 33.4 Å². The molecule has 0 N–H and O–H groups in total. The van der Waals surface area contributed by atoms with E-state index in [2.05, 4.69) is 36.4 Å². The summed E-state index contributed by atoms with van der Waals surface area (Å²) in [6.45, 7) is 0. The Morgan fingerprint density at radius 2 is 0.882 bits per heavy atom. The molecule has 1 heterocycles. The summed E-state index contributed by atoms with van der Waals surface area (Å²) in [6, 6.07) is 40.8. The minimum Gasteiger partial charge on any atom is -0.455 e. The van der Waals surface area contributed by atoms with Crippen LogP contribution in [-0.4, -0.2) is 0 Å². The Hall–Kier alpha value is -6.70. The third kappa shape index (κ3) is 4.16. The molecule has 0 aliphatic carbocycles. The van der Waals surface area contributed by atoms with Gasteiger partial charge in [-0.25, -0.2) is 0 Å². The van der Waals surface area contributed by atoms with Crippen molar-refractivity contribution in [3.05, 3.63) is 182 Å². The number of furan rings is 1. The molecule has 0 aliphatic rings. The van der Waals surface area contributed by atoms with Crippen LogP contribution in [0.4, 0.5) is 0 Å². The van der Waals surface area contributed by atoms with Crippen LogP contribution in [0.25, 0.3) is 109 Å². The lowest BCUT2D eigenvalue weighted by Crippen LogP contribution is -1.92. The van der Waals surface area contributed by atoms with Crippen molar-refractivity contribution in [2.75, 3.05) is 0 Å². The maximum Gasteiger partial charge on any atom is 0.143 e. The zero-order chi connectivity index (χ0) is 40.4. The average Bonchev–Trinajstić information content (AvgIpc) is 3.67. The summed E-state index contributed by atoms with van der Waals surface area (Å²) in [5.74, 6) is 0. The third-order valence-corrected chi connectivity index (χ3v) is 10.3. The van der Waals surface area contributed by atoms with Crippen LogP contribution in [0.5, 0.6) is 0 Å². The fourth-order valence-corrected chi connectivity index (χ4v) is 8.07. The summed E-state index contributed by atoms with van der Waals surface area (Å²) in [6.07, 6.45) is 0. The Balaban J connectivity index is 1.26. The Labute approximate surface area is 305 Å². The van der Waals surface area contributed by atoms with Crippen LogP contribution >= 0.6 is 0 Å². The molecule has 11 rings (SSSR count). The quantitative estimate of drug-likeness (QED) is 0.173. The molecule has 0 atom stereocenters.